The lowest BCUT2D eigenvalue weighted by Crippen LogP contribution is -2.50. The normalized spacial score (nSPS) is 21.7. The minimum atomic E-state index is 0.249. The Morgan fingerprint density at radius 1 is 1.10 bits per heavy atom. The number of morpholine rings is 1. The number of anilines is 1. The van der Waals surface area contributed by atoms with Crippen LogP contribution in [-0.4, -0.2) is 79.3 Å². The number of likely N-dealkylation sites (tertiary alicyclic amines) is 1. The van der Waals surface area contributed by atoms with Crippen LogP contribution in [0.2, 0.25) is 0 Å². The van der Waals surface area contributed by atoms with Gasteiger partial charge in [-0.05, 0) is 30.5 Å². The summed E-state index contributed by atoms with van der Waals surface area (Å²) >= 11 is 0. The minimum absolute atomic E-state index is 0.249. The summed E-state index contributed by atoms with van der Waals surface area (Å²) in [6.07, 6.45) is 4.22. The van der Waals surface area contributed by atoms with Crippen LogP contribution in [0.15, 0.2) is 59.7 Å². The van der Waals surface area contributed by atoms with E-state index in [1.54, 1.807) is 0 Å². The van der Waals surface area contributed by atoms with Crippen molar-refractivity contribution in [3.63, 3.8) is 0 Å². The summed E-state index contributed by atoms with van der Waals surface area (Å²) in [6, 6.07) is 17.1. The number of ether oxygens (including phenoxy) is 1. The Labute approximate surface area is 185 Å². The van der Waals surface area contributed by atoms with Gasteiger partial charge in [0.2, 0.25) is 0 Å². The van der Waals surface area contributed by atoms with Crippen LogP contribution in [0.1, 0.15) is 18.4 Å². The summed E-state index contributed by atoms with van der Waals surface area (Å²) in [5, 5.41) is 6.90. The van der Waals surface area contributed by atoms with Crippen LogP contribution < -0.4 is 10.6 Å². The van der Waals surface area contributed by atoms with Crippen molar-refractivity contribution in [1.82, 2.24) is 20.1 Å². The number of rotatable bonds is 8. The molecule has 2 aliphatic rings. The van der Waals surface area contributed by atoms with E-state index in [0.717, 1.165) is 70.5 Å². The van der Waals surface area contributed by atoms with Crippen LogP contribution >= 0.6 is 0 Å². The lowest BCUT2D eigenvalue weighted by Gasteiger charge is -2.36. The van der Waals surface area contributed by atoms with Crippen LogP contribution in [0.4, 0.5) is 5.82 Å². The van der Waals surface area contributed by atoms with E-state index in [2.05, 4.69) is 60.7 Å². The number of hydrogen-bond acceptors (Lipinski definition) is 5. The maximum absolute atomic E-state index is 6.11. The summed E-state index contributed by atoms with van der Waals surface area (Å²) in [6.45, 7) is 6.46. The molecule has 0 saturated carbocycles. The van der Waals surface area contributed by atoms with Gasteiger partial charge in [0.25, 0.3) is 0 Å². The van der Waals surface area contributed by atoms with E-state index in [1.807, 2.05) is 31.4 Å². The molecule has 31 heavy (non-hydrogen) atoms. The summed E-state index contributed by atoms with van der Waals surface area (Å²) < 4.78 is 6.11. The van der Waals surface area contributed by atoms with Crippen LogP contribution in [-0.2, 0) is 11.3 Å². The van der Waals surface area contributed by atoms with Crippen LogP contribution in [0.25, 0.3) is 0 Å². The van der Waals surface area contributed by atoms with Gasteiger partial charge in [0.05, 0.1) is 18.8 Å². The molecule has 3 heterocycles. The van der Waals surface area contributed by atoms with E-state index >= 15 is 0 Å². The molecule has 7 nitrogen and oxygen atoms in total. The van der Waals surface area contributed by atoms with Crippen molar-refractivity contribution in [2.24, 2.45) is 4.99 Å². The molecule has 2 aromatic rings. The number of pyridine rings is 1. The Hall–Kier alpha value is -2.64. The van der Waals surface area contributed by atoms with Gasteiger partial charge in [0.1, 0.15) is 5.82 Å². The average Bonchev–Trinajstić information content (AvgIpc) is 3.25. The molecule has 0 bridgehead atoms. The Bertz CT molecular complexity index is 815. The minimum Gasteiger partial charge on any atom is -0.373 e. The van der Waals surface area contributed by atoms with Crippen molar-refractivity contribution in [2.75, 3.05) is 51.7 Å². The standard InChI is InChI=1S/C24H34N6O/c1-25-24(28-14-8-7-13-27-23-11-5-6-12-26-23)30-18-21-22(19-30)31-16-15-29(21)17-20-9-3-2-4-10-20/h2-6,9-12,21-22H,7-8,13-19H2,1H3,(H,25,28)(H,26,27). The molecule has 0 radical (unpaired) electrons. The average molecular weight is 423 g/mol. The molecule has 1 aromatic carbocycles. The summed E-state index contributed by atoms with van der Waals surface area (Å²) in [5.41, 5.74) is 1.36. The van der Waals surface area contributed by atoms with E-state index in [0.29, 0.717) is 6.04 Å². The van der Waals surface area contributed by atoms with Gasteiger partial charge >= 0.3 is 0 Å². The fourth-order valence-electron chi connectivity index (χ4n) is 4.41. The first-order valence-electron chi connectivity index (χ1n) is 11.3. The van der Waals surface area contributed by atoms with Crippen LogP contribution in [0, 0.1) is 0 Å². The van der Waals surface area contributed by atoms with E-state index in [-0.39, 0.29) is 6.10 Å². The van der Waals surface area contributed by atoms with Crippen molar-refractivity contribution in [3.05, 3.63) is 60.3 Å². The summed E-state index contributed by atoms with van der Waals surface area (Å²) in [5.74, 6) is 1.92. The fourth-order valence-corrected chi connectivity index (χ4v) is 4.41. The molecule has 0 aliphatic carbocycles. The third-order valence-corrected chi connectivity index (χ3v) is 6.01. The topological polar surface area (TPSA) is 65.0 Å². The first-order chi connectivity index (χ1) is 15.3. The maximum Gasteiger partial charge on any atom is 0.193 e. The molecule has 2 atom stereocenters. The molecule has 7 heteroatoms. The number of benzene rings is 1. The zero-order valence-electron chi connectivity index (χ0n) is 18.4. The van der Waals surface area contributed by atoms with Gasteiger partial charge in [-0.25, -0.2) is 4.98 Å². The van der Waals surface area contributed by atoms with Gasteiger partial charge in [0.15, 0.2) is 5.96 Å². The molecular formula is C24H34N6O. The van der Waals surface area contributed by atoms with E-state index < -0.39 is 0 Å². The molecule has 2 N–H and O–H groups in total. The highest BCUT2D eigenvalue weighted by atomic mass is 16.5. The predicted octanol–water partition coefficient (Wildman–Crippen LogP) is 2.43. The molecule has 1 aromatic heterocycles. The number of nitrogens with one attached hydrogen (secondary N) is 2. The van der Waals surface area contributed by atoms with Crippen molar-refractivity contribution >= 4 is 11.8 Å². The van der Waals surface area contributed by atoms with Gasteiger partial charge in [0, 0.05) is 52.5 Å². The third-order valence-electron chi connectivity index (χ3n) is 6.01. The predicted molar refractivity (Wildman–Crippen MR) is 125 cm³/mol. The smallest absolute Gasteiger partial charge is 0.193 e. The number of aliphatic imine (C=N–C) groups is 1. The number of unbranched alkanes of at least 4 members (excludes halogenated alkanes) is 1. The summed E-state index contributed by atoms with van der Waals surface area (Å²) in [7, 11) is 1.87. The SMILES string of the molecule is CN=C(NCCCCNc1ccccn1)N1CC2OCCN(Cc3ccccc3)C2C1. The molecule has 0 spiro atoms. The number of aromatic nitrogens is 1. The maximum atomic E-state index is 6.11. The van der Waals surface area contributed by atoms with Gasteiger partial charge in [-0.2, -0.15) is 0 Å². The third kappa shape index (κ3) is 5.95. The fraction of sp³-hybridized carbons (Fsp3) is 0.500. The molecular weight excluding hydrogens is 388 g/mol. The molecule has 0 amide bonds. The van der Waals surface area contributed by atoms with Gasteiger partial charge in [-0.1, -0.05) is 36.4 Å². The van der Waals surface area contributed by atoms with Crippen molar-refractivity contribution < 1.29 is 4.74 Å². The monoisotopic (exact) mass is 422 g/mol. The molecule has 2 unspecified atom stereocenters. The van der Waals surface area contributed by atoms with E-state index in [1.165, 1.54) is 5.56 Å². The zero-order valence-corrected chi connectivity index (χ0v) is 18.4. The first-order valence-corrected chi connectivity index (χ1v) is 11.3. The Kier molecular flexibility index (Phi) is 7.74. The van der Waals surface area contributed by atoms with Crippen LogP contribution in [0.3, 0.4) is 0 Å². The Balaban J connectivity index is 1.21. The number of guanidine groups is 1. The van der Waals surface area contributed by atoms with Gasteiger partial charge < -0.3 is 20.3 Å². The van der Waals surface area contributed by atoms with Crippen LogP contribution in [0.5, 0.6) is 0 Å². The van der Waals surface area contributed by atoms with E-state index in [4.69, 9.17) is 4.74 Å². The molecule has 2 saturated heterocycles. The van der Waals surface area contributed by atoms with Crippen molar-refractivity contribution in [1.29, 1.82) is 0 Å². The number of fused-ring (bicyclic) bond motifs is 1. The largest absolute Gasteiger partial charge is 0.373 e. The Morgan fingerprint density at radius 2 is 1.94 bits per heavy atom. The molecule has 166 valence electrons. The molecule has 2 aliphatic heterocycles. The lowest BCUT2D eigenvalue weighted by molar-refractivity contribution is -0.0502. The highest BCUT2D eigenvalue weighted by Gasteiger charge is 2.41. The second-order valence-corrected chi connectivity index (χ2v) is 8.16. The number of hydrogen-bond donors (Lipinski definition) is 2. The first kappa shape index (κ1) is 21.6. The quantitative estimate of drug-likeness (QED) is 0.387. The van der Waals surface area contributed by atoms with Crippen molar-refractivity contribution in [2.45, 2.75) is 31.5 Å². The second kappa shape index (κ2) is 11.1. The zero-order chi connectivity index (χ0) is 21.3. The highest BCUT2D eigenvalue weighted by molar-refractivity contribution is 5.80. The molecule has 2 fully saturated rings. The second-order valence-electron chi connectivity index (χ2n) is 8.16. The highest BCUT2D eigenvalue weighted by Crippen LogP contribution is 2.24. The van der Waals surface area contributed by atoms with Gasteiger partial charge in [-0.3, -0.25) is 9.89 Å². The Morgan fingerprint density at radius 3 is 2.74 bits per heavy atom. The van der Waals surface area contributed by atoms with E-state index in [9.17, 15) is 0 Å². The number of nitrogens with zero attached hydrogens (tertiary/aromatic N) is 4. The molecule has 4 rings (SSSR count). The summed E-state index contributed by atoms with van der Waals surface area (Å²) in [4.78, 5) is 13.7. The van der Waals surface area contributed by atoms with Gasteiger partial charge in [-0.15, -0.1) is 0 Å². The van der Waals surface area contributed by atoms with Crippen molar-refractivity contribution in [3.8, 4) is 0 Å². The lowest BCUT2D eigenvalue weighted by atomic mass is 10.1.